The van der Waals surface area contributed by atoms with Gasteiger partial charge in [-0.3, -0.25) is 9.59 Å². The molecule has 7 nitrogen and oxygen atoms in total. The van der Waals surface area contributed by atoms with Crippen LogP contribution in [0.5, 0.6) is 0 Å². The topological polar surface area (TPSA) is 94.1 Å². The summed E-state index contributed by atoms with van der Waals surface area (Å²) in [6, 6.07) is 5.63. The van der Waals surface area contributed by atoms with E-state index >= 15 is 0 Å². The second kappa shape index (κ2) is 6.87. The number of nitrogens with two attached hydrogens (primary N) is 1. The maximum Gasteiger partial charge on any atom is 0.253 e. The fourth-order valence-electron chi connectivity index (χ4n) is 3.53. The Hall–Kier alpha value is -2.74. The Morgan fingerprint density at radius 3 is 3.04 bits per heavy atom. The Morgan fingerprint density at radius 1 is 1.31 bits per heavy atom. The third-order valence-electron chi connectivity index (χ3n) is 4.73. The van der Waals surface area contributed by atoms with Crippen LogP contribution in [0.1, 0.15) is 34.9 Å². The van der Waals surface area contributed by atoms with Crippen LogP contribution in [0.2, 0.25) is 0 Å². The number of piperidine rings is 1. The summed E-state index contributed by atoms with van der Waals surface area (Å²) in [6.07, 6.45) is 5.28. The van der Waals surface area contributed by atoms with Crippen LogP contribution in [-0.2, 0) is 11.3 Å². The van der Waals surface area contributed by atoms with E-state index in [2.05, 4.69) is 9.97 Å². The summed E-state index contributed by atoms with van der Waals surface area (Å²) in [7, 11) is 0. The highest BCUT2D eigenvalue weighted by Gasteiger charge is 2.28. The van der Waals surface area contributed by atoms with Gasteiger partial charge in [-0.2, -0.15) is 0 Å². The van der Waals surface area contributed by atoms with Crippen molar-refractivity contribution >= 4 is 33.4 Å². The molecule has 1 saturated heterocycles. The third-order valence-corrected chi connectivity index (χ3v) is 5.52. The number of primary amides is 1. The Balaban J connectivity index is 1.53. The minimum absolute atomic E-state index is 0.0259. The summed E-state index contributed by atoms with van der Waals surface area (Å²) in [5.74, 6) is 0.553. The van der Waals surface area contributed by atoms with E-state index in [0.717, 1.165) is 35.4 Å². The fraction of sp³-hybridized carbons (Fsp3) is 0.333. The van der Waals surface area contributed by atoms with Crippen LogP contribution in [-0.4, -0.2) is 44.3 Å². The van der Waals surface area contributed by atoms with Crippen LogP contribution < -0.4 is 5.73 Å². The van der Waals surface area contributed by atoms with Crippen molar-refractivity contribution in [3.05, 3.63) is 47.5 Å². The molecule has 0 saturated carbocycles. The van der Waals surface area contributed by atoms with Crippen molar-refractivity contribution in [1.29, 1.82) is 0 Å². The minimum atomic E-state index is -0.397. The number of thiazole rings is 1. The lowest BCUT2D eigenvalue weighted by atomic mass is 9.96. The molecule has 2 aromatic heterocycles. The summed E-state index contributed by atoms with van der Waals surface area (Å²) in [5, 5.41) is 0. The predicted octanol–water partition coefficient (Wildman–Crippen LogP) is 2.00. The molecule has 1 aromatic carbocycles. The van der Waals surface area contributed by atoms with Gasteiger partial charge in [0.05, 0.1) is 15.7 Å². The average molecular weight is 369 g/mol. The van der Waals surface area contributed by atoms with Crippen LogP contribution in [0.3, 0.4) is 0 Å². The molecule has 2 N–H and O–H groups in total. The molecule has 0 bridgehead atoms. The molecule has 4 rings (SSSR count). The molecule has 1 aliphatic heterocycles. The van der Waals surface area contributed by atoms with Gasteiger partial charge in [0.2, 0.25) is 5.91 Å². The highest BCUT2D eigenvalue weighted by atomic mass is 32.1. The molecule has 3 heterocycles. The quantitative estimate of drug-likeness (QED) is 0.761. The van der Waals surface area contributed by atoms with E-state index < -0.39 is 5.91 Å². The molecular formula is C18H19N5O2S. The molecule has 1 aliphatic rings. The molecule has 0 aliphatic carbocycles. The first-order valence-corrected chi connectivity index (χ1v) is 9.41. The van der Waals surface area contributed by atoms with Gasteiger partial charge in [-0.25, -0.2) is 9.97 Å². The van der Waals surface area contributed by atoms with Gasteiger partial charge < -0.3 is 15.2 Å². The van der Waals surface area contributed by atoms with Crippen molar-refractivity contribution in [2.75, 3.05) is 13.1 Å². The maximum atomic E-state index is 13.0. The molecule has 26 heavy (non-hydrogen) atoms. The molecule has 8 heteroatoms. The summed E-state index contributed by atoms with van der Waals surface area (Å²) in [5.41, 5.74) is 8.70. The summed E-state index contributed by atoms with van der Waals surface area (Å²) in [4.78, 5) is 34.7. The number of fused-ring (bicyclic) bond motifs is 1. The van der Waals surface area contributed by atoms with Gasteiger partial charge in [-0.1, -0.05) is 0 Å². The van der Waals surface area contributed by atoms with Gasteiger partial charge in [-0.05, 0) is 31.0 Å². The molecule has 1 unspecified atom stereocenters. The van der Waals surface area contributed by atoms with Gasteiger partial charge in [0.1, 0.15) is 12.4 Å². The standard InChI is InChI=1S/C18H19N5O2S/c19-16(24)10-22-7-5-20-17(22)13-2-1-6-23(9-13)18(25)12-3-4-14-15(8-12)26-11-21-14/h3-5,7-8,11,13H,1-2,6,9-10H2,(H2,19,24). The number of rotatable bonds is 4. The number of carbonyl (C=O) groups is 2. The maximum absolute atomic E-state index is 13.0. The van der Waals surface area contributed by atoms with E-state index in [0.29, 0.717) is 12.1 Å². The lowest BCUT2D eigenvalue weighted by Crippen LogP contribution is -2.40. The molecule has 2 amide bonds. The van der Waals surface area contributed by atoms with Crippen LogP contribution >= 0.6 is 11.3 Å². The number of hydrogen-bond donors (Lipinski definition) is 1. The number of likely N-dealkylation sites (tertiary alicyclic amines) is 1. The van der Waals surface area contributed by atoms with Crippen LogP contribution in [0.4, 0.5) is 0 Å². The normalized spacial score (nSPS) is 17.5. The Morgan fingerprint density at radius 2 is 2.19 bits per heavy atom. The number of hydrogen-bond acceptors (Lipinski definition) is 5. The number of carbonyl (C=O) groups excluding carboxylic acids is 2. The molecule has 0 spiro atoms. The number of benzene rings is 1. The van der Waals surface area contributed by atoms with Crippen LogP contribution in [0.15, 0.2) is 36.1 Å². The minimum Gasteiger partial charge on any atom is -0.368 e. The summed E-state index contributed by atoms with van der Waals surface area (Å²) >= 11 is 1.53. The second-order valence-corrected chi connectivity index (χ2v) is 7.39. The monoisotopic (exact) mass is 369 g/mol. The second-order valence-electron chi connectivity index (χ2n) is 6.50. The first-order valence-electron chi connectivity index (χ1n) is 8.53. The first kappa shape index (κ1) is 16.7. The van der Waals surface area contributed by atoms with Gasteiger partial charge in [0.25, 0.3) is 5.91 Å². The Kier molecular flexibility index (Phi) is 4.42. The molecular weight excluding hydrogens is 350 g/mol. The van der Waals surface area contributed by atoms with Crippen molar-refractivity contribution < 1.29 is 9.59 Å². The van der Waals surface area contributed by atoms with Crippen molar-refractivity contribution in [3.63, 3.8) is 0 Å². The number of nitrogens with zero attached hydrogens (tertiary/aromatic N) is 4. The Bertz CT molecular complexity index is 963. The van der Waals surface area contributed by atoms with Crippen molar-refractivity contribution in [1.82, 2.24) is 19.4 Å². The molecule has 1 fully saturated rings. The largest absolute Gasteiger partial charge is 0.368 e. The number of imidazole rings is 1. The zero-order valence-corrected chi connectivity index (χ0v) is 15.0. The lowest BCUT2D eigenvalue weighted by Gasteiger charge is -2.32. The van der Waals surface area contributed by atoms with Crippen LogP contribution in [0, 0.1) is 0 Å². The van der Waals surface area contributed by atoms with Crippen molar-refractivity contribution in [3.8, 4) is 0 Å². The van der Waals surface area contributed by atoms with Crippen LogP contribution in [0.25, 0.3) is 10.2 Å². The van der Waals surface area contributed by atoms with Crippen molar-refractivity contribution in [2.24, 2.45) is 5.73 Å². The SMILES string of the molecule is NC(=O)Cn1ccnc1C1CCCN(C(=O)c2ccc3ncsc3c2)C1. The third kappa shape index (κ3) is 3.20. The van der Waals surface area contributed by atoms with E-state index in [1.165, 1.54) is 11.3 Å². The molecule has 1 atom stereocenters. The van der Waals surface area contributed by atoms with E-state index in [1.54, 1.807) is 22.5 Å². The van der Waals surface area contributed by atoms with Gasteiger partial charge in [-0.15, -0.1) is 11.3 Å². The first-order chi connectivity index (χ1) is 12.6. The van der Waals surface area contributed by atoms with E-state index in [-0.39, 0.29) is 18.4 Å². The zero-order valence-electron chi connectivity index (χ0n) is 14.2. The van der Waals surface area contributed by atoms with Gasteiger partial charge in [0.15, 0.2) is 0 Å². The number of amides is 2. The highest BCUT2D eigenvalue weighted by molar-refractivity contribution is 7.16. The van der Waals surface area contributed by atoms with E-state index in [4.69, 9.17) is 5.73 Å². The average Bonchev–Trinajstić information content (AvgIpc) is 3.29. The van der Waals surface area contributed by atoms with Gasteiger partial charge in [0, 0.05) is 37.0 Å². The lowest BCUT2D eigenvalue weighted by molar-refractivity contribution is -0.118. The molecule has 0 radical (unpaired) electrons. The summed E-state index contributed by atoms with van der Waals surface area (Å²) in [6.45, 7) is 1.43. The summed E-state index contributed by atoms with van der Waals surface area (Å²) < 4.78 is 2.80. The van der Waals surface area contributed by atoms with E-state index in [9.17, 15) is 9.59 Å². The highest BCUT2D eigenvalue weighted by Crippen LogP contribution is 2.27. The van der Waals surface area contributed by atoms with Crippen molar-refractivity contribution in [2.45, 2.75) is 25.3 Å². The smallest absolute Gasteiger partial charge is 0.253 e. The zero-order chi connectivity index (χ0) is 18.1. The van der Waals surface area contributed by atoms with E-state index in [1.807, 2.05) is 23.1 Å². The molecule has 3 aromatic rings. The van der Waals surface area contributed by atoms with Gasteiger partial charge >= 0.3 is 0 Å². The number of aromatic nitrogens is 3. The molecule has 134 valence electrons. The Labute approximate surface area is 154 Å². The predicted molar refractivity (Wildman–Crippen MR) is 98.9 cm³/mol. The fourth-order valence-corrected chi connectivity index (χ4v) is 4.24.